The molecule has 1 heterocycles. The van der Waals surface area contributed by atoms with Crippen LogP contribution in [-0.4, -0.2) is 30.6 Å². The van der Waals surface area contributed by atoms with Crippen LogP contribution in [0.5, 0.6) is 5.75 Å². The normalized spacial score (nSPS) is 11.1. The van der Waals surface area contributed by atoms with Crippen molar-refractivity contribution in [2.75, 3.05) is 24.8 Å². The highest BCUT2D eigenvalue weighted by molar-refractivity contribution is 6.34. The van der Waals surface area contributed by atoms with Gasteiger partial charge in [0.1, 0.15) is 11.3 Å². The van der Waals surface area contributed by atoms with Gasteiger partial charge in [-0.05, 0) is 12.1 Å². The third kappa shape index (κ3) is 5.17. The first-order valence-electron chi connectivity index (χ1n) is 7.35. The van der Waals surface area contributed by atoms with Crippen molar-refractivity contribution in [3.63, 3.8) is 0 Å². The molecule has 0 spiro atoms. The number of nitrogens with two attached hydrogens (primary N) is 1. The molecule has 0 aliphatic heterocycles. The van der Waals surface area contributed by atoms with Crippen LogP contribution in [-0.2, 0) is 15.7 Å². The summed E-state index contributed by atoms with van der Waals surface area (Å²) in [4.78, 5) is 27.4. The zero-order valence-electron chi connectivity index (χ0n) is 14.1. The molecule has 1 aromatic carbocycles. The van der Waals surface area contributed by atoms with Gasteiger partial charge in [-0.2, -0.15) is 13.2 Å². The first kappa shape index (κ1) is 21.6. The number of carbonyl (C=O) groups excluding carboxylic acids is 2. The van der Waals surface area contributed by atoms with Gasteiger partial charge in [-0.3, -0.25) is 4.79 Å². The van der Waals surface area contributed by atoms with Crippen LogP contribution in [0.3, 0.4) is 0 Å². The predicted octanol–water partition coefficient (Wildman–Crippen LogP) is 3.79. The lowest BCUT2D eigenvalue weighted by Gasteiger charge is -2.12. The maximum absolute atomic E-state index is 12.6. The molecule has 7 nitrogen and oxygen atoms in total. The first-order valence-corrected chi connectivity index (χ1v) is 8.11. The summed E-state index contributed by atoms with van der Waals surface area (Å²) in [6.07, 6.45) is -4.12. The van der Waals surface area contributed by atoms with Crippen molar-refractivity contribution in [2.45, 2.75) is 6.18 Å². The van der Waals surface area contributed by atoms with Crippen LogP contribution < -0.4 is 15.8 Å². The highest BCUT2D eigenvalue weighted by atomic mass is 35.5. The molecule has 28 heavy (non-hydrogen) atoms. The molecule has 0 fully saturated rings. The topological polar surface area (TPSA) is 104 Å². The Morgan fingerprint density at radius 2 is 1.89 bits per heavy atom. The number of hydrogen-bond donors (Lipinski definition) is 2. The molecule has 0 aliphatic rings. The van der Waals surface area contributed by atoms with Crippen molar-refractivity contribution >= 4 is 46.6 Å². The quantitative estimate of drug-likeness (QED) is 0.544. The predicted molar refractivity (Wildman–Crippen MR) is 95.6 cm³/mol. The minimum absolute atomic E-state index is 0.0693. The van der Waals surface area contributed by atoms with Crippen molar-refractivity contribution in [2.24, 2.45) is 0 Å². The Hall–Kier alpha value is -2.72. The Morgan fingerprint density at radius 1 is 1.21 bits per heavy atom. The summed E-state index contributed by atoms with van der Waals surface area (Å²) < 4.78 is 47.6. The summed E-state index contributed by atoms with van der Waals surface area (Å²) in [5, 5.41) is 1.79. The van der Waals surface area contributed by atoms with Gasteiger partial charge in [-0.25, -0.2) is 9.78 Å². The highest BCUT2D eigenvalue weighted by Crippen LogP contribution is 2.32. The number of hydrogen-bond acceptors (Lipinski definition) is 6. The monoisotopic (exact) mass is 437 g/mol. The van der Waals surface area contributed by atoms with Gasteiger partial charge in [-0.1, -0.05) is 23.2 Å². The van der Waals surface area contributed by atoms with Crippen molar-refractivity contribution in [1.29, 1.82) is 0 Å². The smallest absolute Gasteiger partial charge is 0.417 e. The summed E-state index contributed by atoms with van der Waals surface area (Å²) in [6.45, 7) is -0.761. The number of aromatic nitrogens is 1. The molecule has 0 saturated heterocycles. The number of esters is 1. The van der Waals surface area contributed by atoms with E-state index in [2.05, 4.69) is 10.3 Å². The summed E-state index contributed by atoms with van der Waals surface area (Å²) >= 11 is 11.5. The molecule has 2 rings (SSSR count). The molecule has 0 atom stereocenters. The Labute approximate surface area is 166 Å². The standard InChI is InChI=1S/C16H12Cl2F3N3O4/c1-27-12-4-11(22)9(17)3-8(12)15(26)28-6-13(25)24-14-10(18)2-7(5-23-14)16(19,20)21/h2-5H,6,22H2,1H3,(H,23,24,25). The molecule has 1 amide bonds. The van der Waals surface area contributed by atoms with E-state index in [0.29, 0.717) is 12.3 Å². The lowest BCUT2D eigenvalue weighted by atomic mass is 10.2. The number of nitrogens with zero attached hydrogens (tertiary/aromatic N) is 1. The minimum atomic E-state index is -4.63. The summed E-state index contributed by atoms with van der Waals surface area (Å²) in [7, 11) is 1.30. The van der Waals surface area contributed by atoms with Crippen molar-refractivity contribution < 1.29 is 32.2 Å². The van der Waals surface area contributed by atoms with E-state index in [1.807, 2.05) is 0 Å². The van der Waals surface area contributed by atoms with Gasteiger partial charge in [0.05, 0.1) is 28.4 Å². The molecule has 0 aliphatic carbocycles. The van der Waals surface area contributed by atoms with Crippen LogP contribution in [0.15, 0.2) is 24.4 Å². The number of halogens is 5. The zero-order chi connectivity index (χ0) is 21.1. The number of nitrogen functional groups attached to an aromatic ring is 1. The number of amides is 1. The van der Waals surface area contributed by atoms with Crippen molar-refractivity contribution in [3.8, 4) is 5.75 Å². The Kier molecular flexibility index (Phi) is 6.57. The second-order valence-electron chi connectivity index (χ2n) is 5.25. The fraction of sp³-hybridized carbons (Fsp3) is 0.188. The van der Waals surface area contributed by atoms with Crippen molar-refractivity contribution in [3.05, 3.63) is 45.6 Å². The Balaban J connectivity index is 2.03. The Bertz CT molecular complexity index is 923. The van der Waals surface area contributed by atoms with E-state index >= 15 is 0 Å². The second kappa shape index (κ2) is 8.53. The average Bonchev–Trinajstić information content (AvgIpc) is 2.62. The van der Waals surface area contributed by atoms with E-state index in [-0.39, 0.29) is 27.8 Å². The maximum atomic E-state index is 12.6. The van der Waals surface area contributed by atoms with E-state index in [1.165, 1.54) is 19.2 Å². The number of methoxy groups -OCH3 is 1. The van der Waals surface area contributed by atoms with Crippen molar-refractivity contribution in [1.82, 2.24) is 4.98 Å². The van der Waals surface area contributed by atoms with Gasteiger partial charge in [-0.15, -0.1) is 0 Å². The number of rotatable bonds is 5. The largest absolute Gasteiger partial charge is 0.496 e. The third-order valence-corrected chi connectivity index (χ3v) is 3.91. The number of pyridine rings is 1. The number of alkyl halides is 3. The molecule has 3 N–H and O–H groups in total. The molecule has 150 valence electrons. The molecule has 0 bridgehead atoms. The van der Waals surface area contributed by atoms with Crippen LogP contribution in [0.1, 0.15) is 15.9 Å². The van der Waals surface area contributed by atoms with Gasteiger partial charge >= 0.3 is 12.1 Å². The van der Waals surface area contributed by atoms with Crippen LogP contribution in [0.25, 0.3) is 0 Å². The maximum Gasteiger partial charge on any atom is 0.417 e. The molecule has 0 unspecified atom stereocenters. The highest BCUT2D eigenvalue weighted by Gasteiger charge is 2.31. The molecular weight excluding hydrogens is 426 g/mol. The van der Waals surface area contributed by atoms with Gasteiger partial charge in [0.15, 0.2) is 12.4 Å². The number of benzene rings is 1. The van der Waals surface area contributed by atoms with E-state index in [4.69, 9.17) is 38.4 Å². The number of anilines is 2. The fourth-order valence-corrected chi connectivity index (χ4v) is 2.34. The molecule has 2 aromatic rings. The van der Waals surface area contributed by atoms with Gasteiger partial charge in [0.25, 0.3) is 5.91 Å². The van der Waals surface area contributed by atoms with E-state index in [9.17, 15) is 22.8 Å². The lowest BCUT2D eigenvalue weighted by Crippen LogP contribution is -2.22. The molecule has 1 aromatic heterocycles. The zero-order valence-corrected chi connectivity index (χ0v) is 15.6. The summed E-state index contributed by atoms with van der Waals surface area (Å²) in [6, 6.07) is 3.13. The molecule has 0 radical (unpaired) electrons. The van der Waals surface area contributed by atoms with Crippen LogP contribution >= 0.6 is 23.2 Å². The lowest BCUT2D eigenvalue weighted by molar-refractivity contribution is -0.137. The first-order chi connectivity index (χ1) is 13.0. The average molecular weight is 438 g/mol. The van der Waals surface area contributed by atoms with Crippen LogP contribution in [0, 0.1) is 0 Å². The van der Waals surface area contributed by atoms with Gasteiger partial charge < -0.3 is 20.5 Å². The molecular formula is C16H12Cl2F3N3O4. The Morgan fingerprint density at radius 3 is 2.46 bits per heavy atom. The van der Waals surface area contributed by atoms with Gasteiger partial charge in [0, 0.05) is 12.3 Å². The molecule has 0 saturated carbocycles. The third-order valence-electron chi connectivity index (χ3n) is 3.30. The van der Waals surface area contributed by atoms with Crippen LogP contribution in [0.2, 0.25) is 10.0 Å². The molecule has 12 heteroatoms. The number of nitrogens with one attached hydrogen (secondary N) is 1. The fourth-order valence-electron chi connectivity index (χ4n) is 1.96. The summed E-state index contributed by atoms with van der Waals surface area (Å²) in [5.74, 6) is -2.04. The van der Waals surface area contributed by atoms with E-state index in [1.54, 1.807) is 0 Å². The van der Waals surface area contributed by atoms with Gasteiger partial charge in [0.2, 0.25) is 0 Å². The van der Waals surface area contributed by atoms with Crippen LogP contribution in [0.4, 0.5) is 24.7 Å². The van der Waals surface area contributed by atoms with E-state index in [0.717, 1.165) is 0 Å². The minimum Gasteiger partial charge on any atom is -0.496 e. The number of carbonyl (C=O) groups is 2. The summed E-state index contributed by atoms with van der Waals surface area (Å²) in [5.41, 5.74) is 4.64. The number of ether oxygens (including phenoxy) is 2. The van der Waals surface area contributed by atoms with E-state index < -0.39 is 35.2 Å². The SMILES string of the molecule is COc1cc(N)c(Cl)cc1C(=O)OCC(=O)Nc1ncc(C(F)(F)F)cc1Cl. The second-order valence-corrected chi connectivity index (χ2v) is 6.06.